The Balaban J connectivity index is 1.32. The third-order valence-electron chi connectivity index (χ3n) is 7.46. The van der Waals surface area contributed by atoms with Crippen molar-refractivity contribution in [3.63, 3.8) is 0 Å². The lowest BCUT2D eigenvalue weighted by atomic mass is 9.98. The molecule has 5 aromatic rings. The molecule has 2 heterocycles. The molecule has 1 aliphatic rings. The Morgan fingerprint density at radius 1 is 1.05 bits per heavy atom. The van der Waals surface area contributed by atoms with Gasteiger partial charge in [-0.25, -0.2) is 9.78 Å². The van der Waals surface area contributed by atoms with E-state index in [2.05, 4.69) is 34.6 Å². The van der Waals surface area contributed by atoms with Crippen molar-refractivity contribution >= 4 is 28.2 Å². The van der Waals surface area contributed by atoms with Crippen molar-refractivity contribution in [2.24, 2.45) is 11.8 Å². The van der Waals surface area contributed by atoms with Crippen LogP contribution in [0.3, 0.4) is 0 Å². The van der Waals surface area contributed by atoms with Crippen molar-refractivity contribution in [2.45, 2.75) is 25.5 Å². The van der Waals surface area contributed by atoms with Crippen LogP contribution in [0, 0.1) is 11.8 Å². The molecular formula is C30H28N4O3. The van der Waals surface area contributed by atoms with E-state index in [1.54, 1.807) is 22.8 Å². The molecule has 1 aliphatic carbocycles. The molecule has 0 saturated heterocycles. The van der Waals surface area contributed by atoms with Crippen molar-refractivity contribution in [1.29, 1.82) is 0 Å². The van der Waals surface area contributed by atoms with Gasteiger partial charge in [0.15, 0.2) is 5.65 Å². The van der Waals surface area contributed by atoms with E-state index in [0.717, 1.165) is 33.5 Å². The maximum atomic E-state index is 12.9. The van der Waals surface area contributed by atoms with Crippen molar-refractivity contribution in [3.05, 3.63) is 96.7 Å². The highest BCUT2D eigenvalue weighted by Gasteiger charge is 2.43. The highest BCUT2D eigenvalue weighted by molar-refractivity contribution is 5.96. The molecule has 0 spiro atoms. The lowest BCUT2D eigenvalue weighted by molar-refractivity contribution is 0.0154. The van der Waals surface area contributed by atoms with E-state index in [-0.39, 0.29) is 30.5 Å². The van der Waals surface area contributed by atoms with E-state index >= 15 is 0 Å². The van der Waals surface area contributed by atoms with E-state index in [0.29, 0.717) is 12.0 Å². The number of aromatic nitrogens is 3. The number of fused-ring (bicyclic) bond motifs is 2. The minimum Gasteiger partial charge on any atom is -0.456 e. The monoisotopic (exact) mass is 492 g/mol. The first-order valence-corrected chi connectivity index (χ1v) is 12.6. The first-order chi connectivity index (χ1) is 18.1. The maximum absolute atomic E-state index is 12.9. The fraction of sp³-hybridized carbons (Fsp3) is 0.233. The largest absolute Gasteiger partial charge is 0.456 e. The number of ether oxygens (including phenoxy) is 1. The molecule has 0 aliphatic heterocycles. The first-order valence-electron chi connectivity index (χ1n) is 12.6. The topological polar surface area (TPSA) is 88.8 Å². The zero-order chi connectivity index (χ0) is 25.4. The van der Waals surface area contributed by atoms with E-state index in [9.17, 15) is 9.90 Å². The Bertz CT molecular complexity index is 1560. The SMILES string of the molecule is C[C@@H]1[C@@H](CO)C[C@@H](Nc2ccnc3cc(-c4cccc5ccccc45)nn23)[C@@H]1OC(=O)c1ccccc1. The molecule has 37 heavy (non-hydrogen) atoms. The van der Waals surface area contributed by atoms with Gasteiger partial charge < -0.3 is 15.2 Å². The molecule has 0 bridgehead atoms. The predicted octanol–water partition coefficient (Wildman–Crippen LogP) is 5.20. The van der Waals surface area contributed by atoms with Crippen molar-refractivity contribution in [3.8, 4) is 11.3 Å². The Labute approximate surface area is 214 Å². The summed E-state index contributed by atoms with van der Waals surface area (Å²) in [7, 11) is 0. The van der Waals surface area contributed by atoms with E-state index < -0.39 is 6.10 Å². The molecule has 4 atom stereocenters. The van der Waals surface area contributed by atoms with Gasteiger partial charge in [-0.3, -0.25) is 0 Å². The number of nitrogens with one attached hydrogen (secondary N) is 1. The summed E-state index contributed by atoms with van der Waals surface area (Å²) in [6, 6.07) is 27.1. The second kappa shape index (κ2) is 9.67. The van der Waals surface area contributed by atoms with Gasteiger partial charge in [-0.15, -0.1) is 0 Å². The second-order valence-corrected chi connectivity index (χ2v) is 9.68. The zero-order valence-corrected chi connectivity index (χ0v) is 20.5. The molecule has 7 heteroatoms. The van der Waals surface area contributed by atoms with Crippen LogP contribution in [0.2, 0.25) is 0 Å². The molecule has 0 amide bonds. The zero-order valence-electron chi connectivity index (χ0n) is 20.5. The Morgan fingerprint density at radius 3 is 2.68 bits per heavy atom. The van der Waals surface area contributed by atoms with Crippen LogP contribution >= 0.6 is 0 Å². The van der Waals surface area contributed by atoms with Gasteiger partial charge in [-0.05, 0) is 41.3 Å². The normalized spacial score (nSPS) is 21.4. The number of hydrogen-bond donors (Lipinski definition) is 2. The summed E-state index contributed by atoms with van der Waals surface area (Å²) >= 11 is 0. The van der Waals surface area contributed by atoms with Gasteiger partial charge >= 0.3 is 5.97 Å². The molecular weight excluding hydrogens is 464 g/mol. The number of carbonyl (C=O) groups excluding carboxylic acids is 1. The minimum absolute atomic E-state index is 0.00337. The van der Waals surface area contributed by atoms with Crippen LogP contribution in [-0.4, -0.2) is 44.4 Å². The summed E-state index contributed by atoms with van der Waals surface area (Å²) in [6.07, 6.45) is 2.02. The van der Waals surface area contributed by atoms with Crippen molar-refractivity contribution < 1.29 is 14.6 Å². The van der Waals surface area contributed by atoms with Gasteiger partial charge in [-0.1, -0.05) is 67.6 Å². The highest BCUT2D eigenvalue weighted by atomic mass is 16.5. The summed E-state index contributed by atoms with van der Waals surface area (Å²) in [4.78, 5) is 17.4. The Kier molecular flexibility index (Phi) is 6.06. The number of aliphatic hydroxyl groups is 1. The van der Waals surface area contributed by atoms with Crippen LogP contribution in [0.25, 0.3) is 27.7 Å². The molecule has 1 saturated carbocycles. The van der Waals surface area contributed by atoms with Crippen LogP contribution < -0.4 is 5.32 Å². The minimum atomic E-state index is -0.402. The average molecular weight is 493 g/mol. The smallest absolute Gasteiger partial charge is 0.338 e. The number of aliphatic hydroxyl groups excluding tert-OH is 1. The number of nitrogens with zero attached hydrogens (tertiary/aromatic N) is 3. The second-order valence-electron chi connectivity index (χ2n) is 9.68. The van der Waals surface area contributed by atoms with Crippen LogP contribution in [-0.2, 0) is 4.74 Å². The number of anilines is 1. The molecule has 7 nitrogen and oxygen atoms in total. The van der Waals surface area contributed by atoms with Crippen LogP contribution in [0.15, 0.2) is 91.1 Å². The molecule has 1 fully saturated rings. The number of esters is 1. The number of rotatable bonds is 6. The summed E-state index contributed by atoms with van der Waals surface area (Å²) < 4.78 is 7.80. The Morgan fingerprint density at radius 2 is 1.84 bits per heavy atom. The van der Waals surface area contributed by atoms with Gasteiger partial charge in [0.2, 0.25) is 0 Å². The van der Waals surface area contributed by atoms with E-state index in [1.165, 1.54) is 0 Å². The molecule has 6 rings (SSSR count). The maximum Gasteiger partial charge on any atom is 0.338 e. The third-order valence-corrected chi connectivity index (χ3v) is 7.46. The number of benzene rings is 3. The summed E-state index contributed by atoms with van der Waals surface area (Å²) in [5.74, 6) is 0.414. The highest BCUT2D eigenvalue weighted by Crippen LogP contribution is 2.36. The lowest BCUT2D eigenvalue weighted by Gasteiger charge is -2.25. The number of carbonyl (C=O) groups is 1. The fourth-order valence-corrected chi connectivity index (χ4v) is 5.42. The van der Waals surface area contributed by atoms with Gasteiger partial charge in [0.05, 0.1) is 17.3 Å². The first kappa shape index (κ1) is 23.2. The summed E-state index contributed by atoms with van der Waals surface area (Å²) in [5, 5.41) is 20.7. The average Bonchev–Trinajstić information content (AvgIpc) is 3.50. The van der Waals surface area contributed by atoms with Gasteiger partial charge in [0.1, 0.15) is 11.9 Å². The molecule has 0 unspecified atom stereocenters. The number of hydrogen-bond acceptors (Lipinski definition) is 6. The molecule has 0 radical (unpaired) electrons. The predicted molar refractivity (Wildman–Crippen MR) is 143 cm³/mol. The standard InChI is InChI=1S/C30H28N4O3/c1-19-22(18-35)16-26(29(19)37-30(36)21-9-3-2-4-10-21)32-27-14-15-31-28-17-25(33-34(27)28)24-13-7-11-20-8-5-6-12-23(20)24/h2-15,17,19,22,26,29,32,35H,16,18H2,1H3/t19-,22-,26-,29-/m1/s1. The summed E-state index contributed by atoms with van der Waals surface area (Å²) in [6.45, 7) is 2.07. The quantitative estimate of drug-likeness (QED) is 0.317. The van der Waals surface area contributed by atoms with Crippen LogP contribution in [0.5, 0.6) is 0 Å². The van der Waals surface area contributed by atoms with Gasteiger partial charge in [0, 0.05) is 30.4 Å². The fourth-order valence-electron chi connectivity index (χ4n) is 5.42. The molecule has 2 aromatic heterocycles. The van der Waals surface area contributed by atoms with Crippen molar-refractivity contribution in [1.82, 2.24) is 14.6 Å². The van der Waals surface area contributed by atoms with Crippen molar-refractivity contribution in [2.75, 3.05) is 11.9 Å². The van der Waals surface area contributed by atoms with E-state index in [4.69, 9.17) is 9.84 Å². The Hall–Kier alpha value is -4.23. The molecule has 2 N–H and O–H groups in total. The molecule has 186 valence electrons. The van der Waals surface area contributed by atoms with Gasteiger partial charge in [-0.2, -0.15) is 9.61 Å². The lowest BCUT2D eigenvalue weighted by Crippen LogP contribution is -2.36. The van der Waals surface area contributed by atoms with Crippen LogP contribution in [0.1, 0.15) is 23.7 Å². The summed E-state index contributed by atoms with van der Waals surface area (Å²) in [5.41, 5.74) is 3.10. The molecule has 3 aromatic carbocycles. The van der Waals surface area contributed by atoms with Gasteiger partial charge in [0.25, 0.3) is 0 Å². The van der Waals surface area contributed by atoms with Crippen LogP contribution in [0.4, 0.5) is 5.82 Å². The third kappa shape index (κ3) is 4.32. The van der Waals surface area contributed by atoms with E-state index in [1.807, 2.05) is 55.5 Å².